The minimum Gasteiger partial charge on any atom is -0.423 e. The SMILES string of the molecule is CCCCCCN(CC1=C(OC(C)=O)C(=O)CC=C1c1ccccc1)C(=O)Cn1c(-c2ccccc2)nc(N)c(C(=O)C2CCOC2)c1=O. The highest BCUT2D eigenvalue weighted by Gasteiger charge is 2.33. The average molecular weight is 667 g/mol. The van der Waals surface area contributed by atoms with Crippen LogP contribution in [0.5, 0.6) is 0 Å². The standard InChI is InChI=1S/C38H42N4O7/c1-3-4-5-12-20-41(22-30-29(26-13-8-6-9-14-26)17-18-31(44)35(30)49-25(2)43)32(45)23-42-37(27-15-10-7-11-16-27)40-36(39)33(38(42)47)34(46)28-19-21-48-24-28/h6-11,13-17,28H,3-5,12,18-24,39H2,1-2H3. The Hall–Kier alpha value is -5.16. The lowest BCUT2D eigenvalue weighted by molar-refractivity contribution is -0.140. The molecule has 0 bridgehead atoms. The summed E-state index contributed by atoms with van der Waals surface area (Å²) >= 11 is 0. The van der Waals surface area contributed by atoms with Crippen molar-refractivity contribution in [3.8, 4) is 11.4 Å². The van der Waals surface area contributed by atoms with Gasteiger partial charge in [0.25, 0.3) is 5.56 Å². The van der Waals surface area contributed by atoms with Gasteiger partial charge in [-0.15, -0.1) is 0 Å². The fraction of sp³-hybridized carbons (Fsp3) is 0.368. The number of unbranched alkanes of at least 4 members (excludes halogenated alkanes) is 3. The number of Topliss-reactive ketones (excluding diaryl/α,β-unsaturated/α-hetero) is 2. The number of nitrogen functional groups attached to an aromatic ring is 1. The summed E-state index contributed by atoms with van der Waals surface area (Å²) in [5.74, 6) is -2.58. The highest BCUT2D eigenvalue weighted by molar-refractivity contribution is 6.05. The molecule has 2 heterocycles. The average Bonchev–Trinajstić information content (AvgIpc) is 3.65. The minimum absolute atomic E-state index is 0.0383. The second-order valence-electron chi connectivity index (χ2n) is 12.3. The Morgan fingerprint density at radius 3 is 2.33 bits per heavy atom. The molecular weight excluding hydrogens is 624 g/mol. The summed E-state index contributed by atoms with van der Waals surface area (Å²) in [7, 11) is 0. The molecule has 1 unspecified atom stereocenters. The van der Waals surface area contributed by atoms with Gasteiger partial charge in [0.15, 0.2) is 11.5 Å². The molecule has 0 saturated carbocycles. The van der Waals surface area contributed by atoms with Crippen molar-refractivity contribution in [2.45, 2.75) is 58.9 Å². The van der Waals surface area contributed by atoms with Crippen LogP contribution in [0.4, 0.5) is 5.82 Å². The van der Waals surface area contributed by atoms with Crippen LogP contribution in [0, 0.1) is 5.92 Å². The number of nitrogens with two attached hydrogens (primary N) is 1. The molecule has 1 fully saturated rings. The number of amides is 1. The number of benzene rings is 2. The number of ketones is 2. The van der Waals surface area contributed by atoms with Crippen LogP contribution in [0.1, 0.15) is 68.3 Å². The second kappa shape index (κ2) is 16.3. The third kappa shape index (κ3) is 8.29. The van der Waals surface area contributed by atoms with E-state index in [0.717, 1.165) is 24.8 Å². The van der Waals surface area contributed by atoms with E-state index in [1.54, 1.807) is 35.2 Å². The van der Waals surface area contributed by atoms with Gasteiger partial charge >= 0.3 is 5.97 Å². The third-order valence-electron chi connectivity index (χ3n) is 8.73. The molecule has 3 aromatic rings. The lowest BCUT2D eigenvalue weighted by Gasteiger charge is -2.29. The Labute approximate surface area is 285 Å². The quantitative estimate of drug-likeness (QED) is 0.143. The van der Waals surface area contributed by atoms with E-state index in [1.165, 1.54) is 11.5 Å². The highest BCUT2D eigenvalue weighted by atomic mass is 16.5. The van der Waals surface area contributed by atoms with Crippen LogP contribution < -0.4 is 11.3 Å². The number of hydrogen-bond acceptors (Lipinski definition) is 9. The maximum Gasteiger partial charge on any atom is 0.308 e. The van der Waals surface area contributed by atoms with Crippen molar-refractivity contribution in [2.75, 3.05) is 32.0 Å². The van der Waals surface area contributed by atoms with Gasteiger partial charge in [0.05, 0.1) is 13.2 Å². The summed E-state index contributed by atoms with van der Waals surface area (Å²) in [5.41, 5.74) is 7.75. The Morgan fingerprint density at radius 1 is 1.00 bits per heavy atom. The zero-order valence-electron chi connectivity index (χ0n) is 28.0. The molecule has 1 amide bonds. The van der Waals surface area contributed by atoms with Crippen LogP contribution in [-0.2, 0) is 30.4 Å². The first-order valence-electron chi connectivity index (χ1n) is 16.8. The van der Waals surface area contributed by atoms with Crippen LogP contribution in [0.3, 0.4) is 0 Å². The summed E-state index contributed by atoms with van der Waals surface area (Å²) in [6, 6.07) is 18.2. The molecule has 1 aliphatic carbocycles. The van der Waals surface area contributed by atoms with Crippen LogP contribution >= 0.6 is 0 Å². The van der Waals surface area contributed by atoms with Gasteiger partial charge in [-0.05, 0) is 24.0 Å². The molecular formula is C38H42N4O7. The molecule has 2 N–H and O–H groups in total. The normalized spacial score (nSPS) is 16.0. The fourth-order valence-corrected chi connectivity index (χ4v) is 6.18. The summed E-state index contributed by atoms with van der Waals surface area (Å²) in [6.07, 6.45) is 5.76. The number of carbonyl (C=O) groups is 4. The van der Waals surface area contributed by atoms with Crippen molar-refractivity contribution in [1.82, 2.24) is 14.5 Å². The number of hydrogen-bond donors (Lipinski definition) is 1. The van der Waals surface area contributed by atoms with E-state index in [9.17, 15) is 24.0 Å². The lowest BCUT2D eigenvalue weighted by Crippen LogP contribution is -2.41. The van der Waals surface area contributed by atoms with E-state index in [2.05, 4.69) is 11.9 Å². The highest BCUT2D eigenvalue weighted by Crippen LogP contribution is 2.33. The largest absolute Gasteiger partial charge is 0.423 e. The van der Waals surface area contributed by atoms with E-state index in [-0.39, 0.29) is 48.3 Å². The molecule has 0 spiro atoms. The summed E-state index contributed by atoms with van der Waals surface area (Å²) < 4.78 is 12.1. The molecule has 1 saturated heterocycles. The van der Waals surface area contributed by atoms with Gasteiger partial charge in [0.2, 0.25) is 11.7 Å². The molecule has 2 aromatic carbocycles. The Morgan fingerprint density at radius 2 is 1.69 bits per heavy atom. The zero-order valence-corrected chi connectivity index (χ0v) is 28.0. The Balaban J connectivity index is 1.58. The number of anilines is 1. The van der Waals surface area contributed by atoms with Crippen molar-refractivity contribution < 1.29 is 28.7 Å². The molecule has 1 aliphatic heterocycles. The molecule has 11 heteroatoms. The predicted octanol–water partition coefficient (Wildman–Crippen LogP) is 4.99. The first-order chi connectivity index (χ1) is 23.7. The van der Waals surface area contributed by atoms with Gasteiger partial charge in [0.1, 0.15) is 23.8 Å². The molecule has 49 heavy (non-hydrogen) atoms. The molecule has 11 nitrogen and oxygen atoms in total. The number of esters is 1. The van der Waals surface area contributed by atoms with Crippen molar-refractivity contribution >= 4 is 34.8 Å². The third-order valence-corrected chi connectivity index (χ3v) is 8.73. The van der Waals surface area contributed by atoms with E-state index in [0.29, 0.717) is 42.7 Å². The first kappa shape index (κ1) is 35.2. The van der Waals surface area contributed by atoms with Gasteiger partial charge in [0, 0.05) is 43.6 Å². The van der Waals surface area contributed by atoms with Crippen LogP contribution in [0.15, 0.2) is 82.9 Å². The summed E-state index contributed by atoms with van der Waals surface area (Å²) in [6.45, 7) is 3.72. The maximum absolute atomic E-state index is 14.4. The fourth-order valence-electron chi connectivity index (χ4n) is 6.18. The number of rotatable bonds is 14. The van der Waals surface area contributed by atoms with Crippen LogP contribution in [0.2, 0.25) is 0 Å². The molecule has 256 valence electrons. The van der Waals surface area contributed by atoms with Gasteiger partial charge in [-0.25, -0.2) is 4.98 Å². The predicted molar refractivity (Wildman–Crippen MR) is 185 cm³/mol. The van der Waals surface area contributed by atoms with E-state index in [1.807, 2.05) is 36.4 Å². The topological polar surface area (TPSA) is 151 Å². The number of nitrogens with zero attached hydrogens (tertiary/aromatic N) is 3. The van der Waals surface area contributed by atoms with Crippen molar-refractivity contribution in [3.05, 3.63) is 99.6 Å². The first-order valence-corrected chi connectivity index (χ1v) is 16.8. The lowest BCUT2D eigenvalue weighted by atomic mass is 9.89. The molecule has 5 rings (SSSR count). The van der Waals surface area contributed by atoms with Crippen LogP contribution in [-0.4, -0.2) is 64.2 Å². The Kier molecular flexibility index (Phi) is 11.7. The number of carbonyl (C=O) groups excluding carboxylic acids is 4. The van der Waals surface area contributed by atoms with Gasteiger partial charge < -0.3 is 20.1 Å². The van der Waals surface area contributed by atoms with Gasteiger partial charge in [-0.1, -0.05) is 92.9 Å². The summed E-state index contributed by atoms with van der Waals surface area (Å²) in [4.78, 5) is 73.5. The zero-order chi connectivity index (χ0) is 34.9. The molecule has 1 atom stereocenters. The van der Waals surface area contributed by atoms with Crippen molar-refractivity contribution in [1.29, 1.82) is 0 Å². The summed E-state index contributed by atoms with van der Waals surface area (Å²) in [5, 5.41) is 0. The van der Waals surface area contributed by atoms with Crippen molar-refractivity contribution in [2.24, 2.45) is 5.92 Å². The van der Waals surface area contributed by atoms with E-state index >= 15 is 0 Å². The van der Waals surface area contributed by atoms with Gasteiger partial charge in [-0.2, -0.15) is 0 Å². The van der Waals surface area contributed by atoms with Crippen LogP contribution in [0.25, 0.3) is 17.0 Å². The number of aromatic nitrogens is 2. The second-order valence-corrected chi connectivity index (χ2v) is 12.3. The van der Waals surface area contributed by atoms with E-state index < -0.39 is 35.7 Å². The monoisotopic (exact) mass is 666 g/mol. The van der Waals surface area contributed by atoms with E-state index in [4.69, 9.17) is 15.2 Å². The number of ether oxygens (including phenoxy) is 2. The number of allylic oxidation sites excluding steroid dienone is 2. The minimum atomic E-state index is -0.708. The smallest absolute Gasteiger partial charge is 0.308 e. The van der Waals surface area contributed by atoms with Crippen molar-refractivity contribution in [3.63, 3.8) is 0 Å². The molecule has 2 aliphatic rings. The maximum atomic E-state index is 14.4. The molecule has 1 aromatic heterocycles. The van der Waals surface area contributed by atoms with Gasteiger partial charge in [-0.3, -0.25) is 28.5 Å². The molecule has 0 radical (unpaired) electrons. The Bertz CT molecular complexity index is 1820.